The number of carbonyl (C=O) groups is 2. The molecule has 0 radical (unpaired) electrons. The summed E-state index contributed by atoms with van der Waals surface area (Å²) in [5, 5.41) is 3.00. The van der Waals surface area contributed by atoms with Crippen LogP contribution in [0.3, 0.4) is 0 Å². The molecule has 0 unspecified atom stereocenters. The summed E-state index contributed by atoms with van der Waals surface area (Å²) < 4.78 is 26.6. The van der Waals surface area contributed by atoms with Crippen LogP contribution in [-0.4, -0.2) is 50.0 Å². The second-order valence-electron chi connectivity index (χ2n) is 10.8. The summed E-state index contributed by atoms with van der Waals surface area (Å²) in [6, 6.07) is 24.2. The highest BCUT2D eigenvalue weighted by atomic mass is 32.2. The summed E-state index contributed by atoms with van der Waals surface area (Å²) >= 11 is 0. The highest BCUT2D eigenvalue weighted by molar-refractivity contribution is 7.92. The molecule has 0 aromatic heterocycles. The van der Waals surface area contributed by atoms with Gasteiger partial charge in [0.05, 0.1) is 11.9 Å². The van der Waals surface area contributed by atoms with Gasteiger partial charge in [0.2, 0.25) is 21.8 Å². The number of nitrogens with one attached hydrogen (secondary N) is 1. The fraction of sp³-hybridized carbons (Fsp3) is 0.394. The standard InChI is InChI=1S/C33H43N3O4S/c1-6-27-17-19-30(20-18-27)36(41(5,39)40)21-11-16-32(37)35(24-29-15-10-12-26(4)22-29)31(33(38)34-25(2)3)23-28-13-8-7-9-14-28/h7-10,12-15,17-20,22,25,31H,6,11,16,21,23-24H2,1-5H3,(H,34,38)/t31-/m0/s1. The number of benzene rings is 3. The minimum Gasteiger partial charge on any atom is -0.352 e. The average molecular weight is 578 g/mol. The molecule has 0 aliphatic carbocycles. The van der Waals surface area contributed by atoms with Crippen LogP contribution in [0.5, 0.6) is 0 Å². The predicted molar refractivity (Wildman–Crippen MR) is 166 cm³/mol. The lowest BCUT2D eigenvalue weighted by Crippen LogP contribution is -2.51. The van der Waals surface area contributed by atoms with Crippen molar-refractivity contribution in [3.05, 3.63) is 101 Å². The van der Waals surface area contributed by atoms with Crippen molar-refractivity contribution in [2.24, 2.45) is 0 Å². The van der Waals surface area contributed by atoms with Crippen LogP contribution in [0.1, 0.15) is 55.9 Å². The quantitative estimate of drug-likeness (QED) is 0.283. The Morgan fingerprint density at radius 2 is 1.54 bits per heavy atom. The number of rotatable bonds is 14. The number of amides is 2. The largest absolute Gasteiger partial charge is 0.352 e. The highest BCUT2D eigenvalue weighted by Gasteiger charge is 2.31. The zero-order valence-electron chi connectivity index (χ0n) is 24.8. The van der Waals surface area contributed by atoms with Crippen LogP contribution in [0, 0.1) is 6.92 Å². The van der Waals surface area contributed by atoms with Gasteiger partial charge in [0.1, 0.15) is 6.04 Å². The second kappa shape index (κ2) is 14.8. The molecule has 8 heteroatoms. The molecule has 3 aromatic carbocycles. The van der Waals surface area contributed by atoms with E-state index in [0.717, 1.165) is 28.7 Å². The van der Waals surface area contributed by atoms with Crippen LogP contribution in [0.2, 0.25) is 0 Å². The molecule has 3 aromatic rings. The summed E-state index contributed by atoms with van der Waals surface area (Å²) in [5.41, 5.74) is 4.65. The van der Waals surface area contributed by atoms with Crippen molar-refractivity contribution in [3.63, 3.8) is 0 Å². The molecule has 1 N–H and O–H groups in total. The Morgan fingerprint density at radius 1 is 0.878 bits per heavy atom. The van der Waals surface area contributed by atoms with Crippen molar-refractivity contribution in [3.8, 4) is 0 Å². The topological polar surface area (TPSA) is 86.8 Å². The van der Waals surface area contributed by atoms with Gasteiger partial charge in [-0.15, -0.1) is 0 Å². The molecule has 0 heterocycles. The van der Waals surface area contributed by atoms with Gasteiger partial charge in [-0.1, -0.05) is 79.2 Å². The number of hydrogen-bond donors (Lipinski definition) is 1. The fourth-order valence-corrected chi connectivity index (χ4v) is 5.81. The van der Waals surface area contributed by atoms with Crippen molar-refractivity contribution >= 4 is 27.5 Å². The summed E-state index contributed by atoms with van der Waals surface area (Å²) in [7, 11) is -3.55. The van der Waals surface area contributed by atoms with Gasteiger partial charge in [0.25, 0.3) is 0 Å². The Balaban J connectivity index is 1.87. The first-order valence-electron chi connectivity index (χ1n) is 14.2. The van der Waals surface area contributed by atoms with Crippen LogP contribution in [0.15, 0.2) is 78.9 Å². The Hall–Kier alpha value is -3.65. The molecule has 1 atom stereocenters. The van der Waals surface area contributed by atoms with Gasteiger partial charge in [-0.25, -0.2) is 8.42 Å². The van der Waals surface area contributed by atoms with Crippen LogP contribution < -0.4 is 9.62 Å². The molecule has 7 nitrogen and oxygen atoms in total. The predicted octanol–water partition coefficient (Wildman–Crippen LogP) is 5.27. The first kappa shape index (κ1) is 31.9. The van der Waals surface area contributed by atoms with E-state index in [4.69, 9.17) is 0 Å². The molecule has 0 saturated carbocycles. The molecule has 220 valence electrons. The molecular formula is C33H43N3O4S. The zero-order chi connectivity index (χ0) is 30.0. The van der Waals surface area contributed by atoms with Gasteiger partial charge in [0, 0.05) is 32.0 Å². The fourth-order valence-electron chi connectivity index (χ4n) is 4.84. The van der Waals surface area contributed by atoms with Gasteiger partial charge in [-0.3, -0.25) is 13.9 Å². The maximum atomic E-state index is 13.9. The third kappa shape index (κ3) is 9.74. The first-order chi connectivity index (χ1) is 19.5. The van der Waals surface area contributed by atoms with Crippen molar-refractivity contribution in [2.45, 2.75) is 72.0 Å². The minimum absolute atomic E-state index is 0.0842. The van der Waals surface area contributed by atoms with E-state index in [2.05, 4.69) is 5.32 Å². The third-order valence-electron chi connectivity index (χ3n) is 6.92. The van der Waals surface area contributed by atoms with Crippen molar-refractivity contribution < 1.29 is 18.0 Å². The second-order valence-corrected chi connectivity index (χ2v) is 12.7. The van der Waals surface area contributed by atoms with Gasteiger partial charge < -0.3 is 10.2 Å². The lowest BCUT2D eigenvalue weighted by Gasteiger charge is -2.32. The molecule has 3 rings (SSSR count). The minimum atomic E-state index is -3.55. The summed E-state index contributed by atoms with van der Waals surface area (Å²) in [6.07, 6.45) is 2.83. The molecule has 2 amide bonds. The van der Waals surface area contributed by atoms with Crippen LogP contribution in [-0.2, 0) is 39.0 Å². The van der Waals surface area contributed by atoms with E-state index in [9.17, 15) is 18.0 Å². The highest BCUT2D eigenvalue weighted by Crippen LogP contribution is 2.21. The van der Waals surface area contributed by atoms with E-state index < -0.39 is 16.1 Å². The van der Waals surface area contributed by atoms with E-state index in [0.29, 0.717) is 18.5 Å². The van der Waals surface area contributed by atoms with Crippen LogP contribution in [0.4, 0.5) is 5.69 Å². The van der Waals surface area contributed by atoms with Crippen molar-refractivity contribution in [1.29, 1.82) is 0 Å². The summed E-state index contributed by atoms with van der Waals surface area (Å²) in [4.78, 5) is 29.1. The summed E-state index contributed by atoms with van der Waals surface area (Å²) in [6.45, 7) is 8.28. The van der Waals surface area contributed by atoms with Gasteiger partial charge in [-0.2, -0.15) is 0 Å². The summed E-state index contributed by atoms with van der Waals surface area (Å²) in [5.74, 6) is -0.403. The number of carbonyl (C=O) groups excluding carboxylic acids is 2. The Morgan fingerprint density at radius 3 is 2.12 bits per heavy atom. The Labute approximate surface area is 245 Å². The van der Waals surface area contributed by atoms with E-state index in [1.54, 1.807) is 17.0 Å². The molecular weight excluding hydrogens is 534 g/mol. The SMILES string of the molecule is CCc1ccc(N(CCCC(=O)N(Cc2cccc(C)c2)[C@@H](Cc2ccccc2)C(=O)NC(C)C)S(C)(=O)=O)cc1. The lowest BCUT2D eigenvalue weighted by molar-refractivity contribution is -0.141. The Bertz CT molecular complexity index is 1390. The number of nitrogens with zero attached hydrogens (tertiary/aromatic N) is 2. The smallest absolute Gasteiger partial charge is 0.243 e. The van der Waals surface area contributed by atoms with E-state index in [-0.39, 0.29) is 37.4 Å². The molecule has 0 aliphatic rings. The van der Waals surface area contributed by atoms with Crippen molar-refractivity contribution in [2.75, 3.05) is 17.1 Å². The van der Waals surface area contributed by atoms with Crippen molar-refractivity contribution in [1.82, 2.24) is 10.2 Å². The number of sulfonamides is 1. The molecule has 41 heavy (non-hydrogen) atoms. The monoisotopic (exact) mass is 577 g/mol. The maximum Gasteiger partial charge on any atom is 0.243 e. The number of anilines is 1. The lowest BCUT2D eigenvalue weighted by atomic mass is 10.0. The maximum absolute atomic E-state index is 13.9. The zero-order valence-corrected chi connectivity index (χ0v) is 25.7. The molecule has 0 spiro atoms. The number of hydrogen-bond acceptors (Lipinski definition) is 4. The molecule has 0 aliphatic heterocycles. The average Bonchev–Trinajstić information content (AvgIpc) is 2.92. The number of aryl methyl sites for hydroxylation is 2. The normalized spacial score (nSPS) is 12.1. The van der Waals surface area contributed by atoms with Gasteiger partial charge in [0.15, 0.2) is 0 Å². The third-order valence-corrected chi connectivity index (χ3v) is 8.12. The Kier molecular flexibility index (Phi) is 11.5. The first-order valence-corrected chi connectivity index (χ1v) is 16.1. The molecule has 0 bridgehead atoms. The van der Waals surface area contributed by atoms with E-state index >= 15 is 0 Å². The molecule has 0 fully saturated rings. The van der Waals surface area contributed by atoms with Crippen LogP contribution >= 0.6 is 0 Å². The van der Waals surface area contributed by atoms with Gasteiger partial charge in [-0.05, 0) is 62.4 Å². The molecule has 0 saturated heterocycles. The van der Waals surface area contributed by atoms with Crippen LogP contribution in [0.25, 0.3) is 0 Å². The van der Waals surface area contributed by atoms with E-state index in [1.807, 2.05) is 94.4 Å². The van der Waals surface area contributed by atoms with Gasteiger partial charge >= 0.3 is 0 Å². The van der Waals surface area contributed by atoms with E-state index in [1.165, 1.54) is 10.6 Å².